The van der Waals surface area contributed by atoms with Crippen molar-refractivity contribution in [2.45, 2.75) is 49.4 Å². The fraction of sp³-hybridized carbons (Fsp3) is 0.133. The Morgan fingerprint density at radius 3 is 0.693 bits per heavy atom. The molecule has 0 fully saturated rings. The van der Waals surface area contributed by atoms with Crippen LogP contribution in [0.5, 0.6) is 0 Å². The van der Waals surface area contributed by atoms with Gasteiger partial charge in [-0.2, -0.15) is 127 Å². The summed E-state index contributed by atoms with van der Waals surface area (Å²) in [5.41, 5.74) is -27.6. The first-order valence-electron chi connectivity index (χ1n) is 24.8. The lowest BCUT2D eigenvalue weighted by molar-refractivity contribution is -0.585. The lowest BCUT2D eigenvalue weighted by atomic mass is 9.12. The molecule has 0 N–H and O–H groups in total. The van der Waals surface area contributed by atoms with Gasteiger partial charge in [-0.25, -0.2) is 0 Å². The highest BCUT2D eigenvalue weighted by Gasteiger charge is 2.47. The highest BCUT2D eigenvalue weighted by atomic mass is 127. The third-order valence-corrected chi connectivity index (χ3v) is 19.8. The van der Waals surface area contributed by atoms with E-state index < -0.39 is 195 Å². The SMILES string of the molecule is FC(F)(F)c1cc([B-](c2cc(C(F)(F)F)cc(C(F)(F)F)c2)(c2cc(C(F)(F)F)cc(C(F)(F)F)c2)c2cc(C(F)(F)F)cc(C(F)(F)F)c2)cc(C(F)(F)F)c1.c1ccc2cc(-c3ccc([I+]c4ccc(-c5ccc6ccccc6c5)s4)s3)ccc2c1. The van der Waals surface area contributed by atoms with Gasteiger partial charge >= 0.3 is 70.6 Å². The fourth-order valence-corrected chi connectivity index (χ4v) is 16.2. The van der Waals surface area contributed by atoms with Gasteiger partial charge in [-0.1, -0.05) is 144 Å². The van der Waals surface area contributed by atoms with Crippen LogP contribution >= 0.6 is 22.7 Å². The summed E-state index contributed by atoms with van der Waals surface area (Å²) in [7, 11) is 0. The van der Waals surface area contributed by atoms with Gasteiger partial charge < -0.3 is 0 Å². The lowest BCUT2D eigenvalue weighted by Crippen LogP contribution is -3.61. The van der Waals surface area contributed by atoms with Gasteiger partial charge in [0.15, 0.2) is 0 Å². The van der Waals surface area contributed by atoms with Crippen molar-refractivity contribution in [3.63, 3.8) is 0 Å². The van der Waals surface area contributed by atoms with E-state index in [-0.39, 0.29) is 21.2 Å². The predicted octanol–water partition coefficient (Wildman–Crippen LogP) is 16.8. The number of hydrogen-bond donors (Lipinski definition) is 0. The first-order valence-corrected chi connectivity index (χ1v) is 28.6. The highest BCUT2D eigenvalue weighted by Crippen LogP contribution is 2.42. The summed E-state index contributed by atoms with van der Waals surface area (Å²) >= 11 is 3.76. The zero-order valence-electron chi connectivity index (χ0n) is 43.2. The molecule has 0 spiro atoms. The smallest absolute Gasteiger partial charge is 0.194 e. The molecule has 0 aliphatic heterocycles. The Balaban J connectivity index is 0.000000246. The van der Waals surface area contributed by atoms with Gasteiger partial charge in [0.05, 0.1) is 44.5 Å². The van der Waals surface area contributed by atoms with Gasteiger partial charge in [0.25, 0.3) is 0 Å². The molecule has 0 saturated heterocycles. The van der Waals surface area contributed by atoms with Crippen LogP contribution in [0.4, 0.5) is 105 Å². The molecule has 0 radical (unpaired) electrons. The predicted molar refractivity (Wildman–Crippen MR) is 282 cm³/mol. The number of thiophene rings is 2. The van der Waals surface area contributed by atoms with Crippen LogP contribution < -0.4 is 43.1 Å². The van der Waals surface area contributed by atoms with Crippen molar-refractivity contribution in [2.24, 2.45) is 0 Å². The normalized spacial score (nSPS) is 13.3. The van der Waals surface area contributed by atoms with Crippen LogP contribution in [0, 0.1) is 5.77 Å². The Bertz CT molecular complexity index is 3660. The second-order valence-electron chi connectivity index (χ2n) is 19.6. The molecule has 0 unspecified atom stereocenters. The van der Waals surface area contributed by atoms with Crippen LogP contribution in [-0.2, 0) is 49.4 Å². The second kappa shape index (κ2) is 23.3. The van der Waals surface area contributed by atoms with Crippen molar-refractivity contribution in [3.8, 4) is 20.9 Å². The van der Waals surface area contributed by atoms with Crippen LogP contribution in [0.3, 0.4) is 0 Å². The minimum atomic E-state index is -6.13. The van der Waals surface area contributed by atoms with Crippen molar-refractivity contribution in [1.82, 2.24) is 0 Å². The van der Waals surface area contributed by atoms with Crippen LogP contribution in [0.25, 0.3) is 42.4 Å². The standard InChI is InChI=1S/C32H12BF24.C28H18IS2/c34-25(35,36)13-1-14(26(37,38)39)6-21(5-13)33(22-7-15(27(40,41)42)2-16(8-22)28(43,44)45,23-9-17(29(46,47)48)3-18(10-23)30(49,50)51)24-11-19(31(52,53)54)4-20(12-24)32(55,56)57;1-3-7-21-17-23(11-9-19(21)5-1)25-13-15-27(30-25)29-28-16-14-26(31-28)24-12-10-20-6-2-4-8-22(20)18-24/h1-12H;1-18H/q-1;+1. The summed E-state index contributed by atoms with van der Waals surface area (Å²) in [4.78, 5) is 2.73. The van der Waals surface area contributed by atoms with Gasteiger partial charge in [0.1, 0.15) is 6.15 Å². The molecule has 10 rings (SSSR count). The number of alkyl halides is 24. The Morgan fingerprint density at radius 2 is 0.466 bits per heavy atom. The van der Waals surface area contributed by atoms with Crippen molar-refractivity contribution in [3.05, 3.63) is 232 Å². The van der Waals surface area contributed by atoms with Gasteiger partial charge in [-0.05, 0) is 81.2 Å². The molecule has 8 aromatic carbocycles. The van der Waals surface area contributed by atoms with E-state index in [0.29, 0.717) is 0 Å². The summed E-state index contributed by atoms with van der Waals surface area (Å²) in [6.45, 7) is 0. The van der Waals surface area contributed by atoms with E-state index in [0.717, 1.165) is 0 Å². The molecule has 88 heavy (non-hydrogen) atoms. The summed E-state index contributed by atoms with van der Waals surface area (Å²) in [5.74, 6) is 0. The lowest BCUT2D eigenvalue weighted by Gasteiger charge is -2.46. The summed E-state index contributed by atoms with van der Waals surface area (Å²) in [5, 5.41) is 5.22. The van der Waals surface area contributed by atoms with E-state index >= 15 is 0 Å². The highest BCUT2D eigenvalue weighted by molar-refractivity contribution is 7.20. The van der Waals surface area contributed by atoms with E-state index in [1.807, 2.05) is 22.7 Å². The molecule has 0 bridgehead atoms. The van der Waals surface area contributed by atoms with Crippen LogP contribution in [0.1, 0.15) is 44.5 Å². The van der Waals surface area contributed by atoms with Gasteiger partial charge in [0.2, 0.25) is 5.77 Å². The van der Waals surface area contributed by atoms with Crippen LogP contribution in [-0.4, -0.2) is 6.15 Å². The first-order chi connectivity index (χ1) is 40.6. The number of benzene rings is 8. The maximum absolute atomic E-state index is 14.2. The molecule has 0 nitrogen and oxygen atoms in total. The Labute approximate surface area is 498 Å². The van der Waals surface area contributed by atoms with E-state index in [2.05, 4.69) is 109 Å². The second-order valence-corrected chi connectivity index (χ2v) is 26.1. The van der Waals surface area contributed by atoms with Gasteiger partial charge in [-0.15, -0.1) is 0 Å². The summed E-state index contributed by atoms with van der Waals surface area (Å²) in [6, 6.07) is 31.2. The Hall–Kier alpha value is -7.21. The van der Waals surface area contributed by atoms with Crippen molar-refractivity contribution < 1.29 is 127 Å². The largest absolute Gasteiger partial charge is 0.416 e. The van der Waals surface area contributed by atoms with Crippen molar-refractivity contribution >= 4 is 72.2 Å². The third kappa shape index (κ3) is 14.3. The first kappa shape index (κ1) is 65.2. The molecule has 460 valence electrons. The number of halogens is 25. The maximum atomic E-state index is 14.2. The zero-order chi connectivity index (χ0) is 64.5. The molecule has 2 heterocycles. The van der Waals surface area contributed by atoms with E-state index in [9.17, 15) is 105 Å². The summed E-state index contributed by atoms with van der Waals surface area (Å²) < 4.78 is 344. The van der Waals surface area contributed by atoms with E-state index in [1.165, 1.54) is 48.2 Å². The number of rotatable bonds is 8. The monoisotopic (exact) mass is 1410 g/mol. The Kier molecular flexibility index (Phi) is 17.3. The molecule has 0 atom stereocenters. The summed E-state index contributed by atoms with van der Waals surface area (Å²) in [6.07, 6.45) is -54.8. The molecule has 28 heteroatoms. The van der Waals surface area contributed by atoms with Crippen molar-refractivity contribution in [2.75, 3.05) is 0 Å². The fourth-order valence-electron chi connectivity index (χ4n) is 9.89. The van der Waals surface area contributed by atoms with Gasteiger partial charge in [-0.3, -0.25) is 0 Å². The third-order valence-electron chi connectivity index (χ3n) is 13.8. The van der Waals surface area contributed by atoms with Crippen LogP contribution in [0.2, 0.25) is 0 Å². The molecular weight excluding hydrogens is 1380 g/mol. The molecule has 2 aromatic heterocycles. The minimum Gasteiger partial charge on any atom is -0.194 e. The van der Waals surface area contributed by atoms with E-state index in [4.69, 9.17) is 0 Å². The molecule has 10 aromatic rings. The maximum Gasteiger partial charge on any atom is 0.416 e. The molecular formula is C60H30BF24IS2. The molecule has 0 saturated carbocycles. The average Bonchev–Trinajstić information content (AvgIpc) is 1.52. The van der Waals surface area contributed by atoms with Gasteiger partial charge in [0, 0.05) is 21.9 Å². The zero-order valence-corrected chi connectivity index (χ0v) is 47.0. The number of fused-ring (bicyclic) bond motifs is 2. The van der Waals surface area contributed by atoms with Crippen molar-refractivity contribution in [1.29, 1.82) is 0 Å². The number of hydrogen-bond acceptors (Lipinski definition) is 2. The Morgan fingerprint density at radius 1 is 0.239 bits per heavy atom. The average molecular weight is 1410 g/mol. The molecule has 0 aliphatic carbocycles. The van der Waals surface area contributed by atoms with E-state index in [1.54, 1.807) is 0 Å². The quantitative estimate of drug-likeness (QED) is 0.0808. The van der Waals surface area contributed by atoms with Crippen LogP contribution in [0.15, 0.2) is 182 Å². The topological polar surface area (TPSA) is 0 Å². The molecule has 0 amide bonds. The molecule has 0 aliphatic rings. The minimum absolute atomic E-state index is 0.147.